The Hall–Kier alpha value is -3.52. The second-order valence-electron chi connectivity index (χ2n) is 7.83. The number of fused-ring (bicyclic) bond motifs is 1. The zero-order valence-corrected chi connectivity index (χ0v) is 16.8. The number of hydrogen-bond acceptors (Lipinski definition) is 5. The number of amides is 1. The van der Waals surface area contributed by atoms with Crippen LogP contribution in [0.25, 0.3) is 17.3 Å². The molecular formula is C23H22FN5O2. The largest absolute Gasteiger partial charge is 0.369 e. The molecule has 1 unspecified atom stereocenters. The van der Waals surface area contributed by atoms with E-state index in [9.17, 15) is 14.3 Å². The van der Waals surface area contributed by atoms with Gasteiger partial charge in [0.15, 0.2) is 6.23 Å². The number of aliphatic hydroxyl groups excluding tert-OH is 1. The van der Waals surface area contributed by atoms with Gasteiger partial charge in [-0.05, 0) is 67.8 Å². The fourth-order valence-electron chi connectivity index (χ4n) is 4.03. The Kier molecular flexibility index (Phi) is 4.99. The number of nitrogens with one attached hydrogen (secondary N) is 1. The third-order valence-electron chi connectivity index (χ3n) is 5.72. The van der Waals surface area contributed by atoms with Crippen LogP contribution in [0.1, 0.15) is 40.9 Å². The Morgan fingerprint density at radius 1 is 1.10 bits per heavy atom. The second-order valence-corrected chi connectivity index (χ2v) is 7.83. The van der Waals surface area contributed by atoms with Gasteiger partial charge in [0.05, 0.1) is 11.9 Å². The minimum Gasteiger partial charge on any atom is -0.369 e. The summed E-state index contributed by atoms with van der Waals surface area (Å²) in [6.07, 6.45) is 5.71. The SMILES string of the molecule is O=C(c1ccc(-n2cc(C3=Cc4cc(F)ccc4NC3O)nn2)cc1)N1CCCCC1. The van der Waals surface area contributed by atoms with Crippen molar-refractivity contribution in [3.63, 3.8) is 0 Å². The summed E-state index contributed by atoms with van der Waals surface area (Å²) in [6, 6.07) is 11.6. The van der Waals surface area contributed by atoms with Crippen molar-refractivity contribution in [1.82, 2.24) is 19.9 Å². The maximum absolute atomic E-state index is 13.6. The zero-order valence-electron chi connectivity index (χ0n) is 16.8. The lowest BCUT2D eigenvalue weighted by molar-refractivity contribution is 0.0724. The predicted octanol–water partition coefficient (Wildman–Crippen LogP) is 3.32. The first-order valence-electron chi connectivity index (χ1n) is 10.4. The number of nitrogens with zero attached hydrogens (tertiary/aromatic N) is 4. The molecule has 3 aromatic rings. The van der Waals surface area contributed by atoms with E-state index in [4.69, 9.17) is 0 Å². The first-order chi connectivity index (χ1) is 15.1. The highest BCUT2D eigenvalue weighted by Crippen LogP contribution is 2.31. The number of aromatic nitrogens is 3. The third kappa shape index (κ3) is 3.82. The third-order valence-corrected chi connectivity index (χ3v) is 5.72. The van der Waals surface area contributed by atoms with Crippen LogP contribution in [-0.2, 0) is 0 Å². The predicted molar refractivity (Wildman–Crippen MR) is 115 cm³/mol. The van der Waals surface area contributed by atoms with Crippen LogP contribution in [0.3, 0.4) is 0 Å². The Morgan fingerprint density at radius 2 is 1.87 bits per heavy atom. The van der Waals surface area contributed by atoms with E-state index in [2.05, 4.69) is 15.6 Å². The monoisotopic (exact) mass is 419 g/mol. The molecule has 0 radical (unpaired) electrons. The van der Waals surface area contributed by atoms with Crippen molar-refractivity contribution in [3.05, 3.63) is 71.3 Å². The molecule has 1 atom stereocenters. The quantitative estimate of drug-likeness (QED) is 0.681. The van der Waals surface area contributed by atoms with E-state index in [1.807, 2.05) is 17.0 Å². The minimum atomic E-state index is -0.979. The number of piperidine rings is 1. The molecule has 1 saturated heterocycles. The molecule has 3 heterocycles. The molecule has 0 bridgehead atoms. The van der Waals surface area contributed by atoms with Crippen LogP contribution in [0.5, 0.6) is 0 Å². The normalized spacial score (nSPS) is 18.2. The molecule has 2 aliphatic rings. The van der Waals surface area contributed by atoms with Crippen LogP contribution in [0.15, 0.2) is 48.7 Å². The van der Waals surface area contributed by atoms with Crippen molar-refractivity contribution in [2.24, 2.45) is 0 Å². The lowest BCUT2D eigenvalue weighted by Crippen LogP contribution is -2.35. The highest BCUT2D eigenvalue weighted by molar-refractivity contribution is 5.94. The molecule has 2 N–H and O–H groups in total. The van der Waals surface area contributed by atoms with Gasteiger partial charge in [-0.3, -0.25) is 4.79 Å². The number of likely N-dealkylation sites (tertiary alicyclic amines) is 1. The molecule has 7 nitrogen and oxygen atoms in total. The molecule has 5 rings (SSSR count). The van der Waals surface area contributed by atoms with E-state index < -0.39 is 6.23 Å². The minimum absolute atomic E-state index is 0.0537. The van der Waals surface area contributed by atoms with Crippen LogP contribution < -0.4 is 5.32 Å². The number of carbonyl (C=O) groups is 1. The van der Waals surface area contributed by atoms with E-state index in [-0.39, 0.29) is 11.7 Å². The molecule has 2 aromatic carbocycles. The molecule has 1 aromatic heterocycles. The molecular weight excluding hydrogens is 397 g/mol. The van der Waals surface area contributed by atoms with Gasteiger partial charge in [0.1, 0.15) is 11.5 Å². The number of halogens is 1. The van der Waals surface area contributed by atoms with Gasteiger partial charge >= 0.3 is 0 Å². The molecule has 0 aliphatic carbocycles. The lowest BCUT2D eigenvalue weighted by atomic mass is 10.0. The van der Waals surface area contributed by atoms with Crippen LogP contribution in [0.4, 0.5) is 10.1 Å². The number of hydrogen-bond donors (Lipinski definition) is 2. The molecule has 0 spiro atoms. The van der Waals surface area contributed by atoms with E-state index in [1.54, 1.807) is 35.2 Å². The van der Waals surface area contributed by atoms with Gasteiger partial charge in [0.2, 0.25) is 0 Å². The lowest BCUT2D eigenvalue weighted by Gasteiger charge is -2.26. The standard InChI is InChI=1S/C23H22FN5O2/c24-17-6-9-20-16(12-17)13-19(22(30)25-20)21-14-29(27-26-21)18-7-4-15(5-8-18)23(31)28-10-2-1-3-11-28/h4-9,12-14,22,25,30H,1-3,10-11H2. The maximum atomic E-state index is 13.6. The number of anilines is 1. The van der Waals surface area contributed by atoms with Gasteiger partial charge in [0.25, 0.3) is 5.91 Å². The summed E-state index contributed by atoms with van der Waals surface area (Å²) < 4.78 is 15.2. The van der Waals surface area contributed by atoms with Gasteiger partial charge in [-0.25, -0.2) is 9.07 Å². The summed E-state index contributed by atoms with van der Waals surface area (Å²) in [4.78, 5) is 14.5. The summed E-state index contributed by atoms with van der Waals surface area (Å²) in [5.41, 5.74) is 3.66. The maximum Gasteiger partial charge on any atom is 0.253 e. The molecule has 0 saturated carbocycles. The fourth-order valence-corrected chi connectivity index (χ4v) is 4.03. The van der Waals surface area contributed by atoms with Crippen molar-refractivity contribution >= 4 is 23.2 Å². The summed E-state index contributed by atoms with van der Waals surface area (Å²) in [5.74, 6) is -0.298. The smallest absolute Gasteiger partial charge is 0.253 e. The molecule has 158 valence electrons. The highest BCUT2D eigenvalue weighted by atomic mass is 19.1. The van der Waals surface area contributed by atoms with E-state index in [1.165, 1.54) is 18.6 Å². The summed E-state index contributed by atoms with van der Waals surface area (Å²) >= 11 is 0. The first kappa shape index (κ1) is 19.4. The number of aliphatic hydroxyl groups is 1. The van der Waals surface area contributed by atoms with Crippen LogP contribution >= 0.6 is 0 Å². The van der Waals surface area contributed by atoms with Gasteiger partial charge < -0.3 is 15.3 Å². The van der Waals surface area contributed by atoms with Crippen molar-refractivity contribution in [3.8, 4) is 5.69 Å². The highest BCUT2D eigenvalue weighted by Gasteiger charge is 2.23. The first-order valence-corrected chi connectivity index (χ1v) is 10.4. The van der Waals surface area contributed by atoms with E-state index in [0.29, 0.717) is 28.1 Å². The van der Waals surface area contributed by atoms with Crippen molar-refractivity contribution in [1.29, 1.82) is 0 Å². The van der Waals surface area contributed by atoms with Gasteiger partial charge in [-0.2, -0.15) is 0 Å². The van der Waals surface area contributed by atoms with Gasteiger partial charge in [-0.1, -0.05) is 5.21 Å². The Balaban J connectivity index is 1.37. The number of benzene rings is 2. The molecule has 2 aliphatic heterocycles. The fraction of sp³-hybridized carbons (Fsp3) is 0.261. The zero-order chi connectivity index (χ0) is 21.4. The van der Waals surface area contributed by atoms with Crippen molar-refractivity contribution in [2.75, 3.05) is 18.4 Å². The Morgan fingerprint density at radius 3 is 2.65 bits per heavy atom. The molecule has 8 heteroatoms. The Labute approximate surface area is 178 Å². The average Bonchev–Trinajstić information content (AvgIpc) is 3.29. The van der Waals surface area contributed by atoms with Crippen LogP contribution in [0, 0.1) is 5.82 Å². The van der Waals surface area contributed by atoms with Gasteiger partial charge in [-0.15, -0.1) is 5.10 Å². The van der Waals surface area contributed by atoms with Crippen molar-refractivity contribution in [2.45, 2.75) is 25.5 Å². The van der Waals surface area contributed by atoms with E-state index >= 15 is 0 Å². The second kappa shape index (κ2) is 7.96. The van der Waals surface area contributed by atoms with Gasteiger partial charge in [0, 0.05) is 35.5 Å². The molecule has 31 heavy (non-hydrogen) atoms. The summed E-state index contributed by atoms with van der Waals surface area (Å²) in [6.45, 7) is 1.62. The molecule has 1 fully saturated rings. The topological polar surface area (TPSA) is 83.3 Å². The number of carbonyl (C=O) groups excluding carboxylic acids is 1. The number of rotatable bonds is 3. The summed E-state index contributed by atoms with van der Waals surface area (Å²) in [5, 5.41) is 21.7. The van der Waals surface area contributed by atoms with Crippen LogP contribution in [-0.4, -0.2) is 50.2 Å². The molecule has 1 amide bonds. The van der Waals surface area contributed by atoms with Crippen LogP contribution in [0.2, 0.25) is 0 Å². The summed E-state index contributed by atoms with van der Waals surface area (Å²) in [7, 11) is 0. The average molecular weight is 419 g/mol. The van der Waals surface area contributed by atoms with E-state index in [0.717, 1.165) is 31.6 Å². The van der Waals surface area contributed by atoms with Crippen molar-refractivity contribution < 1.29 is 14.3 Å². The Bertz CT molecular complexity index is 1150.